The second-order valence-electron chi connectivity index (χ2n) is 7.20. The molecular weight excluding hydrogens is 328 g/mol. The summed E-state index contributed by atoms with van der Waals surface area (Å²) in [5.41, 5.74) is 2.05. The highest BCUT2D eigenvalue weighted by Crippen LogP contribution is 2.23. The van der Waals surface area contributed by atoms with E-state index in [1.165, 1.54) is 24.9 Å². The molecule has 3 rings (SSSR count). The fraction of sp³-hybridized carbons (Fsp3) is 0.550. The molecule has 1 aromatic heterocycles. The summed E-state index contributed by atoms with van der Waals surface area (Å²) in [5, 5.41) is 6.94. The van der Waals surface area contributed by atoms with Gasteiger partial charge in [-0.15, -0.1) is 0 Å². The molecule has 1 amide bonds. The van der Waals surface area contributed by atoms with Crippen LogP contribution in [0, 0.1) is 0 Å². The van der Waals surface area contributed by atoms with Crippen LogP contribution in [0.5, 0.6) is 0 Å². The first kappa shape index (κ1) is 18.4. The molecule has 1 aliphatic heterocycles. The van der Waals surface area contributed by atoms with Gasteiger partial charge in [0.05, 0.1) is 0 Å². The lowest BCUT2D eigenvalue weighted by Gasteiger charge is -2.29. The van der Waals surface area contributed by atoms with Crippen LogP contribution >= 0.6 is 0 Å². The highest BCUT2D eigenvalue weighted by atomic mass is 16.5. The highest BCUT2D eigenvalue weighted by molar-refractivity contribution is 5.91. The van der Waals surface area contributed by atoms with Gasteiger partial charge in [0.1, 0.15) is 0 Å². The first-order valence-electron chi connectivity index (χ1n) is 9.59. The number of carbonyl (C=O) groups excluding carboxylic acids is 1. The number of carbonyl (C=O) groups is 1. The number of rotatable bonds is 7. The van der Waals surface area contributed by atoms with E-state index in [0.717, 1.165) is 24.6 Å². The lowest BCUT2D eigenvalue weighted by Crippen LogP contribution is -2.29. The number of nitrogens with zero attached hydrogens (tertiary/aromatic N) is 3. The molecule has 0 spiro atoms. The number of hydrogen-bond acceptors (Lipinski definition) is 5. The van der Waals surface area contributed by atoms with Crippen LogP contribution < -0.4 is 10.2 Å². The van der Waals surface area contributed by atoms with E-state index in [1.54, 1.807) is 0 Å². The number of anilines is 2. The van der Waals surface area contributed by atoms with Crippen molar-refractivity contribution in [3.8, 4) is 0 Å². The average Bonchev–Trinajstić information content (AvgIpc) is 3.12. The quantitative estimate of drug-likeness (QED) is 0.807. The van der Waals surface area contributed by atoms with Crippen LogP contribution in [0.2, 0.25) is 0 Å². The Balaban J connectivity index is 1.46. The topological polar surface area (TPSA) is 71.3 Å². The van der Waals surface area contributed by atoms with Gasteiger partial charge >= 0.3 is 0 Å². The van der Waals surface area contributed by atoms with Crippen molar-refractivity contribution in [2.75, 3.05) is 23.3 Å². The van der Waals surface area contributed by atoms with Crippen molar-refractivity contribution in [1.29, 1.82) is 0 Å². The Bertz CT molecular complexity index is 720. The molecule has 0 radical (unpaired) electrons. The molecule has 0 saturated carbocycles. The van der Waals surface area contributed by atoms with Crippen LogP contribution in [-0.4, -0.2) is 29.1 Å². The molecule has 1 aromatic carbocycles. The predicted octanol–water partition coefficient (Wildman–Crippen LogP) is 4.14. The largest absolute Gasteiger partial charge is 0.371 e. The Labute approximate surface area is 155 Å². The standard InChI is InChI=1S/C20H28N4O2/c1-15(2)20-22-19(26-23-20)11-7-10-18(25)21-16-8-6-9-17(14-16)24-12-4-3-5-13-24/h6,8-9,14-15H,3-5,7,10-13H2,1-2H3,(H,21,25). The molecule has 140 valence electrons. The molecule has 1 aliphatic rings. The van der Waals surface area contributed by atoms with Gasteiger partial charge in [0.15, 0.2) is 5.82 Å². The van der Waals surface area contributed by atoms with E-state index in [1.807, 2.05) is 26.0 Å². The zero-order chi connectivity index (χ0) is 18.4. The van der Waals surface area contributed by atoms with Crippen molar-refractivity contribution in [3.05, 3.63) is 36.0 Å². The molecule has 1 N–H and O–H groups in total. The third-order valence-corrected chi connectivity index (χ3v) is 4.65. The molecule has 6 heteroatoms. The van der Waals surface area contributed by atoms with Gasteiger partial charge in [-0.2, -0.15) is 4.98 Å². The lowest BCUT2D eigenvalue weighted by atomic mass is 10.1. The Morgan fingerprint density at radius 2 is 2.08 bits per heavy atom. The van der Waals surface area contributed by atoms with Gasteiger partial charge in [-0.05, 0) is 43.9 Å². The van der Waals surface area contributed by atoms with Crippen LogP contribution in [-0.2, 0) is 11.2 Å². The summed E-state index contributed by atoms with van der Waals surface area (Å²) in [4.78, 5) is 18.9. The SMILES string of the molecule is CC(C)c1noc(CCCC(=O)Nc2cccc(N3CCCCC3)c2)n1. The summed E-state index contributed by atoms with van der Waals surface area (Å²) in [6.45, 7) is 6.25. The number of benzene rings is 1. The lowest BCUT2D eigenvalue weighted by molar-refractivity contribution is -0.116. The van der Waals surface area contributed by atoms with Gasteiger partial charge in [-0.3, -0.25) is 4.79 Å². The van der Waals surface area contributed by atoms with Crippen molar-refractivity contribution in [1.82, 2.24) is 10.1 Å². The van der Waals surface area contributed by atoms with E-state index >= 15 is 0 Å². The minimum atomic E-state index is 0.0180. The van der Waals surface area contributed by atoms with Crippen molar-refractivity contribution < 1.29 is 9.32 Å². The van der Waals surface area contributed by atoms with Crippen LogP contribution in [0.3, 0.4) is 0 Å². The molecule has 0 atom stereocenters. The number of hydrogen-bond donors (Lipinski definition) is 1. The molecule has 1 saturated heterocycles. The normalized spacial score (nSPS) is 14.7. The molecule has 26 heavy (non-hydrogen) atoms. The summed E-state index contributed by atoms with van der Waals surface area (Å²) in [6, 6.07) is 8.13. The summed E-state index contributed by atoms with van der Waals surface area (Å²) in [6.07, 6.45) is 5.55. The van der Waals surface area contributed by atoms with Gasteiger partial charge in [0, 0.05) is 43.2 Å². The monoisotopic (exact) mass is 356 g/mol. The minimum absolute atomic E-state index is 0.0180. The highest BCUT2D eigenvalue weighted by Gasteiger charge is 2.13. The van der Waals surface area contributed by atoms with E-state index in [9.17, 15) is 4.79 Å². The van der Waals surface area contributed by atoms with Gasteiger partial charge in [0.2, 0.25) is 11.8 Å². The van der Waals surface area contributed by atoms with Gasteiger partial charge in [-0.25, -0.2) is 0 Å². The Hall–Kier alpha value is -2.37. The molecule has 2 aromatic rings. The number of aryl methyl sites for hydroxylation is 1. The first-order chi connectivity index (χ1) is 12.6. The Morgan fingerprint density at radius 3 is 2.81 bits per heavy atom. The maximum atomic E-state index is 12.2. The van der Waals surface area contributed by atoms with Crippen LogP contribution in [0.15, 0.2) is 28.8 Å². The number of nitrogens with one attached hydrogen (secondary N) is 1. The van der Waals surface area contributed by atoms with Crippen molar-refractivity contribution >= 4 is 17.3 Å². The van der Waals surface area contributed by atoms with Crippen LogP contribution in [0.1, 0.15) is 63.6 Å². The molecule has 2 heterocycles. The molecule has 0 bridgehead atoms. The van der Waals surface area contributed by atoms with Gasteiger partial charge < -0.3 is 14.7 Å². The second kappa shape index (κ2) is 8.83. The zero-order valence-corrected chi connectivity index (χ0v) is 15.7. The van der Waals surface area contributed by atoms with Crippen LogP contribution in [0.25, 0.3) is 0 Å². The van der Waals surface area contributed by atoms with E-state index in [2.05, 4.69) is 32.5 Å². The average molecular weight is 356 g/mol. The summed E-state index contributed by atoms with van der Waals surface area (Å²) in [7, 11) is 0. The van der Waals surface area contributed by atoms with Crippen molar-refractivity contribution in [2.24, 2.45) is 0 Å². The molecule has 0 aliphatic carbocycles. The van der Waals surface area contributed by atoms with Crippen LogP contribution in [0.4, 0.5) is 11.4 Å². The van der Waals surface area contributed by atoms with Crippen molar-refractivity contribution in [3.63, 3.8) is 0 Å². The third kappa shape index (κ3) is 5.07. The smallest absolute Gasteiger partial charge is 0.226 e. The maximum Gasteiger partial charge on any atom is 0.226 e. The number of piperidine rings is 1. The molecule has 6 nitrogen and oxygen atoms in total. The fourth-order valence-corrected chi connectivity index (χ4v) is 3.16. The Kier molecular flexibility index (Phi) is 6.26. The third-order valence-electron chi connectivity index (χ3n) is 4.65. The minimum Gasteiger partial charge on any atom is -0.371 e. The number of aromatic nitrogens is 2. The molecular formula is C20H28N4O2. The van der Waals surface area contributed by atoms with E-state index in [-0.39, 0.29) is 11.8 Å². The maximum absolute atomic E-state index is 12.2. The summed E-state index contributed by atoms with van der Waals surface area (Å²) < 4.78 is 5.21. The summed E-state index contributed by atoms with van der Waals surface area (Å²) in [5.74, 6) is 1.60. The van der Waals surface area contributed by atoms with Gasteiger partial charge in [0.25, 0.3) is 0 Å². The van der Waals surface area contributed by atoms with E-state index in [0.29, 0.717) is 25.2 Å². The van der Waals surface area contributed by atoms with E-state index < -0.39 is 0 Å². The van der Waals surface area contributed by atoms with E-state index in [4.69, 9.17) is 4.52 Å². The molecule has 1 fully saturated rings. The van der Waals surface area contributed by atoms with Crippen molar-refractivity contribution in [2.45, 2.75) is 58.3 Å². The second-order valence-corrected chi connectivity index (χ2v) is 7.20. The first-order valence-corrected chi connectivity index (χ1v) is 9.59. The zero-order valence-electron chi connectivity index (χ0n) is 15.7. The van der Waals surface area contributed by atoms with Gasteiger partial charge in [-0.1, -0.05) is 25.1 Å². The molecule has 0 unspecified atom stereocenters. The Morgan fingerprint density at radius 1 is 1.27 bits per heavy atom. The predicted molar refractivity (Wildman–Crippen MR) is 102 cm³/mol. The summed E-state index contributed by atoms with van der Waals surface area (Å²) >= 11 is 0. The number of amides is 1. The fourth-order valence-electron chi connectivity index (χ4n) is 3.16.